The Kier molecular flexibility index (Phi) is 5.00. The van der Waals surface area contributed by atoms with E-state index in [0.29, 0.717) is 30.4 Å². The van der Waals surface area contributed by atoms with E-state index >= 15 is 0 Å². The van der Waals surface area contributed by atoms with Crippen LogP contribution in [0.15, 0.2) is 6.07 Å². The Balaban J connectivity index is 2.14. The van der Waals surface area contributed by atoms with Gasteiger partial charge in [-0.2, -0.15) is 9.97 Å². The molecule has 1 fully saturated rings. The summed E-state index contributed by atoms with van der Waals surface area (Å²) in [6.07, 6.45) is 0.412. The van der Waals surface area contributed by atoms with Gasteiger partial charge in [0.05, 0.1) is 14.2 Å². The molecule has 0 aliphatic carbocycles. The molecular weight excluding hydrogens is 294 g/mol. The van der Waals surface area contributed by atoms with Gasteiger partial charge in [0.1, 0.15) is 5.82 Å². The summed E-state index contributed by atoms with van der Waals surface area (Å²) in [6, 6.07) is 1.75. The molecule has 1 atom stereocenters. The predicted octanol–water partition coefficient (Wildman–Crippen LogP) is 1.13. The zero-order chi connectivity index (χ0) is 15.4. The normalized spacial score (nSPS) is 18.0. The van der Waals surface area contributed by atoms with Crippen molar-refractivity contribution in [3.8, 4) is 11.9 Å². The van der Waals surface area contributed by atoms with Gasteiger partial charge in [-0.25, -0.2) is 0 Å². The largest absolute Gasteiger partial charge is 0.481 e. The number of carbonyl (C=O) groups is 2. The standard InChI is InChI=1S/C13H17N3O4S/c1-8(17)21-7-9-4-12(18)16(6-9)10-5-11(19-2)15-13(14-10)20-3/h5,9H,4,6-7H2,1-3H3. The van der Waals surface area contributed by atoms with Crippen LogP contribution >= 0.6 is 11.8 Å². The van der Waals surface area contributed by atoms with Gasteiger partial charge in [0, 0.05) is 31.7 Å². The Hall–Kier alpha value is -1.83. The first-order chi connectivity index (χ1) is 10.0. The number of anilines is 1. The van der Waals surface area contributed by atoms with Crippen molar-refractivity contribution in [2.75, 3.05) is 31.4 Å². The number of methoxy groups -OCH3 is 2. The number of thioether (sulfide) groups is 1. The number of hydrogen-bond donors (Lipinski definition) is 0. The molecule has 1 aliphatic rings. The van der Waals surface area contributed by atoms with Gasteiger partial charge >= 0.3 is 6.01 Å². The summed E-state index contributed by atoms with van der Waals surface area (Å²) in [6.45, 7) is 2.06. The summed E-state index contributed by atoms with van der Waals surface area (Å²) in [7, 11) is 2.94. The first kappa shape index (κ1) is 15.6. The van der Waals surface area contributed by atoms with Crippen molar-refractivity contribution in [2.24, 2.45) is 5.92 Å². The highest BCUT2D eigenvalue weighted by atomic mass is 32.2. The highest BCUT2D eigenvalue weighted by molar-refractivity contribution is 8.13. The van der Waals surface area contributed by atoms with Gasteiger partial charge in [0.15, 0.2) is 5.12 Å². The SMILES string of the molecule is COc1cc(N2CC(CSC(C)=O)CC2=O)nc(OC)n1. The molecule has 2 rings (SSSR count). The van der Waals surface area contributed by atoms with Crippen LogP contribution in [0.1, 0.15) is 13.3 Å². The van der Waals surface area contributed by atoms with E-state index in [0.717, 1.165) is 0 Å². The van der Waals surface area contributed by atoms with Gasteiger partial charge in [-0.15, -0.1) is 0 Å². The lowest BCUT2D eigenvalue weighted by atomic mass is 10.1. The maximum absolute atomic E-state index is 12.1. The zero-order valence-corrected chi connectivity index (χ0v) is 13.0. The Labute approximate surface area is 127 Å². The molecule has 0 N–H and O–H groups in total. The molecule has 0 saturated carbocycles. The average Bonchev–Trinajstić information content (AvgIpc) is 2.85. The third-order valence-corrected chi connectivity index (χ3v) is 4.11. The number of amides is 1. The molecule has 0 radical (unpaired) electrons. The third kappa shape index (κ3) is 3.84. The van der Waals surface area contributed by atoms with E-state index in [1.165, 1.54) is 32.9 Å². The van der Waals surface area contributed by atoms with Crippen LogP contribution in [-0.2, 0) is 9.59 Å². The molecule has 2 heterocycles. The Morgan fingerprint density at radius 2 is 2.19 bits per heavy atom. The van der Waals surface area contributed by atoms with E-state index in [2.05, 4.69) is 9.97 Å². The molecule has 0 bridgehead atoms. The van der Waals surface area contributed by atoms with Crippen LogP contribution in [0.3, 0.4) is 0 Å². The molecule has 1 amide bonds. The van der Waals surface area contributed by atoms with Crippen LogP contribution in [-0.4, -0.2) is 47.5 Å². The summed E-state index contributed by atoms with van der Waals surface area (Å²) >= 11 is 1.24. The molecular formula is C13H17N3O4S. The first-order valence-corrected chi connectivity index (χ1v) is 7.42. The maximum Gasteiger partial charge on any atom is 0.321 e. The number of rotatable bonds is 5. The summed E-state index contributed by atoms with van der Waals surface area (Å²) in [5, 5.41) is 0.0614. The highest BCUT2D eigenvalue weighted by Gasteiger charge is 2.32. The molecule has 1 saturated heterocycles. The van der Waals surface area contributed by atoms with Crippen molar-refractivity contribution in [1.29, 1.82) is 0 Å². The molecule has 1 aromatic heterocycles. The van der Waals surface area contributed by atoms with Gasteiger partial charge < -0.3 is 9.47 Å². The number of hydrogen-bond acceptors (Lipinski definition) is 7. The molecule has 7 nitrogen and oxygen atoms in total. The summed E-state index contributed by atoms with van der Waals surface area (Å²) in [5.41, 5.74) is 0. The Morgan fingerprint density at radius 3 is 2.81 bits per heavy atom. The molecule has 21 heavy (non-hydrogen) atoms. The molecule has 0 aromatic carbocycles. The van der Waals surface area contributed by atoms with Crippen molar-refractivity contribution in [2.45, 2.75) is 13.3 Å². The van der Waals surface area contributed by atoms with Crippen molar-refractivity contribution in [1.82, 2.24) is 9.97 Å². The van der Waals surface area contributed by atoms with Crippen LogP contribution in [0.5, 0.6) is 11.9 Å². The van der Waals surface area contributed by atoms with Crippen LogP contribution < -0.4 is 14.4 Å². The minimum Gasteiger partial charge on any atom is -0.481 e. The summed E-state index contributed by atoms with van der Waals surface area (Å²) < 4.78 is 10.1. The molecule has 1 unspecified atom stereocenters. The molecule has 8 heteroatoms. The fraction of sp³-hybridized carbons (Fsp3) is 0.538. The van der Waals surface area contributed by atoms with Crippen LogP contribution in [0, 0.1) is 5.92 Å². The zero-order valence-electron chi connectivity index (χ0n) is 12.2. The van der Waals surface area contributed by atoms with Gasteiger partial charge in [0.25, 0.3) is 0 Å². The fourth-order valence-electron chi connectivity index (χ4n) is 2.08. The second-order valence-corrected chi connectivity index (χ2v) is 5.83. The van der Waals surface area contributed by atoms with Gasteiger partial charge in [0.2, 0.25) is 11.8 Å². The second-order valence-electron chi connectivity index (χ2n) is 4.63. The Bertz CT molecular complexity index is 530. The molecule has 114 valence electrons. The third-order valence-electron chi connectivity index (χ3n) is 3.06. The molecule has 0 spiro atoms. The summed E-state index contributed by atoms with van der Waals surface area (Å²) in [4.78, 5) is 32.9. The van der Waals surface area contributed by atoms with Crippen molar-refractivity contribution < 1.29 is 19.1 Å². The van der Waals surface area contributed by atoms with Crippen LogP contribution in [0.2, 0.25) is 0 Å². The van der Waals surface area contributed by atoms with Crippen molar-refractivity contribution >= 4 is 28.6 Å². The highest BCUT2D eigenvalue weighted by Crippen LogP contribution is 2.28. The topological polar surface area (TPSA) is 81.6 Å². The van der Waals surface area contributed by atoms with Gasteiger partial charge in [-0.05, 0) is 5.92 Å². The maximum atomic E-state index is 12.1. The first-order valence-electron chi connectivity index (χ1n) is 6.44. The predicted molar refractivity (Wildman–Crippen MR) is 78.7 cm³/mol. The van der Waals surface area contributed by atoms with Crippen LogP contribution in [0.25, 0.3) is 0 Å². The quantitative estimate of drug-likeness (QED) is 0.806. The molecule has 1 aliphatic heterocycles. The molecule has 1 aromatic rings. The second kappa shape index (κ2) is 6.75. The van der Waals surface area contributed by atoms with E-state index in [4.69, 9.17) is 9.47 Å². The minimum absolute atomic E-state index is 0.0213. The fourth-order valence-corrected chi connectivity index (χ4v) is 2.77. The van der Waals surface area contributed by atoms with Crippen molar-refractivity contribution in [3.63, 3.8) is 0 Å². The Morgan fingerprint density at radius 1 is 1.43 bits per heavy atom. The van der Waals surface area contributed by atoms with Gasteiger partial charge in [-0.3, -0.25) is 14.5 Å². The van der Waals surface area contributed by atoms with E-state index in [1.54, 1.807) is 11.0 Å². The van der Waals surface area contributed by atoms with E-state index in [-0.39, 0.29) is 23.0 Å². The number of aromatic nitrogens is 2. The van der Waals surface area contributed by atoms with Crippen LogP contribution in [0.4, 0.5) is 5.82 Å². The minimum atomic E-state index is -0.0213. The van der Waals surface area contributed by atoms with E-state index < -0.39 is 0 Å². The lowest BCUT2D eigenvalue weighted by Crippen LogP contribution is -2.26. The number of nitrogens with zero attached hydrogens (tertiary/aromatic N) is 3. The van der Waals surface area contributed by atoms with E-state index in [9.17, 15) is 9.59 Å². The lowest BCUT2D eigenvalue weighted by molar-refractivity contribution is -0.117. The average molecular weight is 311 g/mol. The van der Waals surface area contributed by atoms with Gasteiger partial charge in [-0.1, -0.05) is 11.8 Å². The summed E-state index contributed by atoms with van der Waals surface area (Å²) in [5.74, 6) is 1.55. The monoisotopic (exact) mass is 311 g/mol. The smallest absolute Gasteiger partial charge is 0.321 e. The number of carbonyl (C=O) groups excluding carboxylic acids is 2. The van der Waals surface area contributed by atoms with E-state index in [1.807, 2.05) is 0 Å². The number of ether oxygens (including phenoxy) is 2. The van der Waals surface area contributed by atoms with Crippen molar-refractivity contribution in [3.05, 3.63) is 6.07 Å². The lowest BCUT2D eigenvalue weighted by Gasteiger charge is -2.16.